The van der Waals surface area contributed by atoms with Crippen LogP contribution in [0, 0.1) is 5.92 Å². The maximum Gasteiger partial charge on any atom is 0.248 e. The molecule has 7 heteroatoms. The number of sulfonamides is 1. The molecule has 1 saturated carbocycles. The monoisotopic (exact) mass is 360 g/mol. The minimum Gasteiger partial charge on any atom is -0.497 e. The normalized spacial score (nSPS) is 15.6. The molecule has 3 N–H and O–H groups in total. The highest BCUT2D eigenvalue weighted by Crippen LogP contribution is 2.42. The summed E-state index contributed by atoms with van der Waals surface area (Å²) < 4.78 is 33.3. The molecule has 6 nitrogen and oxygen atoms in total. The zero-order chi connectivity index (χ0) is 18.0. The van der Waals surface area contributed by atoms with E-state index in [1.54, 1.807) is 7.11 Å². The van der Waals surface area contributed by atoms with Crippen molar-refractivity contribution in [3.63, 3.8) is 0 Å². The lowest BCUT2D eigenvalue weighted by atomic mass is 10.0. The fraction of sp³-hybridized carbons (Fsp3) is 0.278. The number of amides is 1. The molecule has 0 aliphatic heterocycles. The van der Waals surface area contributed by atoms with Crippen molar-refractivity contribution in [2.45, 2.75) is 23.8 Å². The summed E-state index contributed by atoms with van der Waals surface area (Å²) in [5.41, 5.74) is 6.36. The lowest BCUT2D eigenvalue weighted by molar-refractivity contribution is 0.1000. The summed E-state index contributed by atoms with van der Waals surface area (Å²) in [6.45, 7) is 0. The Hall–Kier alpha value is -2.38. The summed E-state index contributed by atoms with van der Waals surface area (Å²) in [6.07, 6.45) is 1.97. The van der Waals surface area contributed by atoms with Crippen molar-refractivity contribution in [3.05, 3.63) is 59.7 Å². The van der Waals surface area contributed by atoms with Gasteiger partial charge < -0.3 is 10.5 Å². The average molecular weight is 360 g/mol. The molecule has 1 atom stereocenters. The molecular formula is C18H20N2O4S. The molecule has 0 radical (unpaired) electrons. The quantitative estimate of drug-likeness (QED) is 0.791. The number of nitrogens with two attached hydrogens (primary N) is 1. The Bertz CT molecular complexity index is 857. The average Bonchev–Trinajstić information content (AvgIpc) is 3.45. The van der Waals surface area contributed by atoms with E-state index < -0.39 is 15.9 Å². The van der Waals surface area contributed by atoms with Gasteiger partial charge in [0.1, 0.15) is 5.75 Å². The number of rotatable bonds is 7. The summed E-state index contributed by atoms with van der Waals surface area (Å²) in [5, 5.41) is 0. The van der Waals surface area contributed by atoms with Gasteiger partial charge in [-0.2, -0.15) is 0 Å². The molecule has 1 aliphatic rings. The summed E-state index contributed by atoms with van der Waals surface area (Å²) >= 11 is 0. The fourth-order valence-electron chi connectivity index (χ4n) is 2.71. The van der Waals surface area contributed by atoms with Crippen molar-refractivity contribution in [1.82, 2.24) is 4.72 Å². The summed E-state index contributed by atoms with van der Waals surface area (Å²) in [6, 6.07) is 12.7. The standard InChI is InChI=1S/C18H20N2O4S/c1-24-15-8-4-13(5-9-15)17(12-2-3-12)20-25(22,23)16-10-6-14(7-11-16)18(19)21/h4-12,17,20H,2-3H2,1H3,(H2,19,21). The molecule has 1 fully saturated rings. The number of methoxy groups -OCH3 is 1. The van der Waals surface area contributed by atoms with Crippen LogP contribution in [0.3, 0.4) is 0 Å². The number of hydrogen-bond acceptors (Lipinski definition) is 4. The Morgan fingerprint density at radius 3 is 2.20 bits per heavy atom. The van der Waals surface area contributed by atoms with Crippen LogP contribution in [0.4, 0.5) is 0 Å². The van der Waals surface area contributed by atoms with Gasteiger partial charge in [-0.3, -0.25) is 4.79 Å². The van der Waals surface area contributed by atoms with E-state index in [0.717, 1.165) is 24.2 Å². The molecule has 2 aromatic carbocycles. The van der Waals surface area contributed by atoms with Gasteiger partial charge in [0, 0.05) is 11.6 Å². The summed E-state index contributed by atoms with van der Waals surface area (Å²) in [5.74, 6) is 0.419. The van der Waals surface area contributed by atoms with Crippen molar-refractivity contribution in [2.75, 3.05) is 7.11 Å². The number of hydrogen-bond donors (Lipinski definition) is 2. The van der Waals surface area contributed by atoms with Gasteiger partial charge >= 0.3 is 0 Å². The van der Waals surface area contributed by atoms with Gasteiger partial charge in [0.25, 0.3) is 0 Å². The predicted octanol–water partition coefficient (Wildman–Crippen LogP) is 2.22. The van der Waals surface area contributed by atoms with Crippen LogP contribution in [-0.4, -0.2) is 21.4 Å². The lowest BCUT2D eigenvalue weighted by Crippen LogP contribution is -2.30. The second-order valence-electron chi connectivity index (χ2n) is 6.10. The fourth-order valence-corrected chi connectivity index (χ4v) is 4.00. The van der Waals surface area contributed by atoms with Crippen LogP contribution in [0.5, 0.6) is 5.75 Å². The minimum absolute atomic E-state index is 0.108. The third kappa shape index (κ3) is 4.00. The summed E-state index contributed by atoms with van der Waals surface area (Å²) in [4.78, 5) is 11.2. The third-order valence-corrected chi connectivity index (χ3v) is 5.76. The Labute approximate surface area is 147 Å². The Kier molecular flexibility index (Phi) is 4.78. The first kappa shape index (κ1) is 17.4. The van der Waals surface area contributed by atoms with E-state index in [-0.39, 0.29) is 22.4 Å². The van der Waals surface area contributed by atoms with Crippen molar-refractivity contribution in [1.29, 1.82) is 0 Å². The molecule has 25 heavy (non-hydrogen) atoms. The number of benzene rings is 2. The maximum absolute atomic E-state index is 12.7. The van der Waals surface area contributed by atoms with Crippen LogP contribution in [0.25, 0.3) is 0 Å². The number of carbonyl (C=O) groups is 1. The molecular weight excluding hydrogens is 340 g/mol. The van der Waals surface area contributed by atoms with Crippen LogP contribution >= 0.6 is 0 Å². The largest absolute Gasteiger partial charge is 0.497 e. The Morgan fingerprint density at radius 1 is 1.12 bits per heavy atom. The SMILES string of the molecule is COc1ccc(C(NS(=O)(=O)c2ccc(C(N)=O)cc2)C2CC2)cc1. The van der Waals surface area contributed by atoms with E-state index >= 15 is 0 Å². The van der Waals surface area contributed by atoms with Gasteiger partial charge in [-0.15, -0.1) is 0 Å². The molecule has 0 aromatic heterocycles. The van der Waals surface area contributed by atoms with Crippen molar-refractivity contribution >= 4 is 15.9 Å². The van der Waals surface area contributed by atoms with Crippen LogP contribution in [0.1, 0.15) is 34.8 Å². The van der Waals surface area contributed by atoms with Crippen LogP contribution in [0.15, 0.2) is 53.4 Å². The van der Waals surface area contributed by atoms with Crippen LogP contribution in [-0.2, 0) is 10.0 Å². The molecule has 0 saturated heterocycles. The van der Waals surface area contributed by atoms with Gasteiger partial charge in [0.15, 0.2) is 0 Å². The van der Waals surface area contributed by atoms with E-state index in [4.69, 9.17) is 10.5 Å². The predicted molar refractivity (Wildman–Crippen MR) is 93.7 cm³/mol. The number of ether oxygens (including phenoxy) is 1. The highest BCUT2D eigenvalue weighted by Gasteiger charge is 2.35. The smallest absolute Gasteiger partial charge is 0.248 e. The first-order chi connectivity index (χ1) is 11.9. The van der Waals surface area contributed by atoms with E-state index in [2.05, 4.69) is 4.72 Å². The molecule has 1 aliphatic carbocycles. The zero-order valence-corrected chi connectivity index (χ0v) is 14.6. The second-order valence-corrected chi connectivity index (χ2v) is 7.81. The van der Waals surface area contributed by atoms with Gasteiger partial charge in [0.05, 0.1) is 12.0 Å². The number of primary amides is 1. The highest BCUT2D eigenvalue weighted by atomic mass is 32.2. The number of nitrogens with one attached hydrogen (secondary N) is 1. The van der Waals surface area contributed by atoms with E-state index in [1.165, 1.54) is 24.3 Å². The topological polar surface area (TPSA) is 98.5 Å². The van der Waals surface area contributed by atoms with Gasteiger partial charge in [0.2, 0.25) is 15.9 Å². The highest BCUT2D eigenvalue weighted by molar-refractivity contribution is 7.89. The van der Waals surface area contributed by atoms with Gasteiger partial charge in [-0.05, 0) is 60.7 Å². The van der Waals surface area contributed by atoms with Crippen LogP contribution < -0.4 is 15.2 Å². The molecule has 0 spiro atoms. The van der Waals surface area contributed by atoms with Gasteiger partial charge in [-0.25, -0.2) is 13.1 Å². The Balaban J connectivity index is 1.84. The molecule has 0 heterocycles. The molecule has 1 amide bonds. The van der Waals surface area contributed by atoms with Crippen molar-refractivity contribution < 1.29 is 17.9 Å². The van der Waals surface area contributed by atoms with E-state index in [9.17, 15) is 13.2 Å². The lowest BCUT2D eigenvalue weighted by Gasteiger charge is -2.19. The zero-order valence-electron chi connectivity index (χ0n) is 13.8. The van der Waals surface area contributed by atoms with Crippen molar-refractivity contribution in [2.24, 2.45) is 11.7 Å². The molecule has 1 unspecified atom stereocenters. The molecule has 132 valence electrons. The summed E-state index contributed by atoms with van der Waals surface area (Å²) in [7, 11) is -2.12. The molecule has 0 bridgehead atoms. The van der Waals surface area contributed by atoms with E-state index in [1.807, 2.05) is 24.3 Å². The Morgan fingerprint density at radius 2 is 1.72 bits per heavy atom. The molecule has 2 aromatic rings. The number of carbonyl (C=O) groups excluding carboxylic acids is 1. The third-order valence-electron chi connectivity index (χ3n) is 4.30. The maximum atomic E-state index is 12.7. The second kappa shape index (κ2) is 6.85. The molecule has 3 rings (SSSR count). The van der Waals surface area contributed by atoms with Gasteiger partial charge in [-0.1, -0.05) is 12.1 Å². The van der Waals surface area contributed by atoms with Crippen molar-refractivity contribution in [3.8, 4) is 5.75 Å². The first-order valence-electron chi connectivity index (χ1n) is 7.97. The minimum atomic E-state index is -3.70. The van der Waals surface area contributed by atoms with E-state index in [0.29, 0.717) is 0 Å². The first-order valence-corrected chi connectivity index (χ1v) is 9.45. The van der Waals surface area contributed by atoms with Crippen LogP contribution in [0.2, 0.25) is 0 Å².